The van der Waals surface area contributed by atoms with Gasteiger partial charge in [-0.1, -0.05) is 24.3 Å². The lowest BCUT2D eigenvalue weighted by molar-refractivity contribution is -0.123. The van der Waals surface area contributed by atoms with Crippen molar-refractivity contribution in [2.24, 2.45) is 11.7 Å². The van der Waals surface area contributed by atoms with Crippen molar-refractivity contribution < 1.29 is 14.0 Å². The summed E-state index contributed by atoms with van der Waals surface area (Å²) in [6.45, 7) is 3.18. The largest absolute Gasteiger partial charge is 0.369 e. The zero-order valence-electron chi connectivity index (χ0n) is 15.7. The van der Waals surface area contributed by atoms with Crippen LogP contribution in [-0.4, -0.2) is 53.8 Å². The Balaban J connectivity index is 1.31. The van der Waals surface area contributed by atoms with Gasteiger partial charge >= 0.3 is 0 Å². The van der Waals surface area contributed by atoms with Gasteiger partial charge in [-0.05, 0) is 61.3 Å². The Morgan fingerprint density at radius 3 is 1.96 bits per heavy atom. The van der Waals surface area contributed by atoms with Gasteiger partial charge in [0.15, 0.2) is 0 Å². The summed E-state index contributed by atoms with van der Waals surface area (Å²) < 4.78 is 13.1. The average Bonchev–Trinajstić information content (AvgIpc) is 2.68. The number of amides is 2. The fourth-order valence-electron chi connectivity index (χ4n) is 4.03. The second-order valence-corrected chi connectivity index (χ2v) is 7.66. The third-order valence-electron chi connectivity index (χ3n) is 5.91. The maximum atomic E-state index is 13.1. The van der Waals surface area contributed by atoms with Crippen molar-refractivity contribution in [3.8, 4) is 11.1 Å². The number of nitrogens with two attached hydrogens (primary N) is 1. The van der Waals surface area contributed by atoms with Gasteiger partial charge in [-0.3, -0.25) is 14.5 Å². The second-order valence-electron chi connectivity index (χ2n) is 7.66. The molecule has 2 N–H and O–H groups in total. The van der Waals surface area contributed by atoms with E-state index in [0.29, 0.717) is 11.6 Å². The Morgan fingerprint density at radius 2 is 1.43 bits per heavy atom. The SMILES string of the molecule is NC(=O)C1CCN(C2CN(C(=O)c3ccc(-c4ccc(F)cc4)cc3)C2)CC1. The third kappa shape index (κ3) is 3.78. The number of rotatable bonds is 4. The molecule has 2 aliphatic heterocycles. The first-order chi connectivity index (χ1) is 13.5. The highest BCUT2D eigenvalue weighted by Gasteiger charge is 2.37. The second kappa shape index (κ2) is 7.72. The molecule has 2 aliphatic rings. The quantitative estimate of drug-likeness (QED) is 0.885. The van der Waals surface area contributed by atoms with E-state index in [1.807, 2.05) is 29.2 Å². The monoisotopic (exact) mass is 381 g/mol. The Bertz CT molecular complexity index is 852. The molecule has 5 nitrogen and oxygen atoms in total. The highest BCUT2D eigenvalue weighted by Crippen LogP contribution is 2.25. The van der Waals surface area contributed by atoms with Gasteiger partial charge in [-0.15, -0.1) is 0 Å². The summed E-state index contributed by atoms with van der Waals surface area (Å²) in [6.07, 6.45) is 1.62. The molecule has 0 radical (unpaired) electrons. The molecule has 2 saturated heterocycles. The molecular weight excluding hydrogens is 357 g/mol. The van der Waals surface area contributed by atoms with E-state index in [0.717, 1.165) is 50.1 Å². The fourth-order valence-corrected chi connectivity index (χ4v) is 4.03. The van der Waals surface area contributed by atoms with Crippen LogP contribution >= 0.6 is 0 Å². The van der Waals surface area contributed by atoms with Gasteiger partial charge < -0.3 is 10.6 Å². The van der Waals surface area contributed by atoms with E-state index in [2.05, 4.69) is 4.90 Å². The summed E-state index contributed by atoms with van der Waals surface area (Å²) >= 11 is 0. The first-order valence-electron chi connectivity index (χ1n) is 9.70. The Hall–Kier alpha value is -2.73. The van der Waals surface area contributed by atoms with Crippen LogP contribution in [0.3, 0.4) is 0 Å². The van der Waals surface area contributed by atoms with Crippen molar-refractivity contribution in [3.63, 3.8) is 0 Å². The lowest BCUT2D eigenvalue weighted by atomic mass is 9.93. The first kappa shape index (κ1) is 18.6. The number of hydrogen-bond acceptors (Lipinski definition) is 3. The zero-order chi connectivity index (χ0) is 19.7. The van der Waals surface area contributed by atoms with Crippen LogP contribution < -0.4 is 5.73 Å². The molecule has 0 bridgehead atoms. The molecule has 0 spiro atoms. The van der Waals surface area contributed by atoms with Gasteiger partial charge in [-0.2, -0.15) is 0 Å². The topological polar surface area (TPSA) is 66.6 Å². The number of carbonyl (C=O) groups is 2. The third-order valence-corrected chi connectivity index (χ3v) is 5.91. The van der Waals surface area contributed by atoms with Crippen molar-refractivity contribution in [3.05, 3.63) is 59.9 Å². The molecule has 0 unspecified atom stereocenters. The van der Waals surface area contributed by atoms with Crippen LogP contribution in [0.4, 0.5) is 4.39 Å². The number of nitrogens with zero attached hydrogens (tertiary/aromatic N) is 2. The Kier molecular flexibility index (Phi) is 5.13. The normalized spacial score (nSPS) is 18.7. The summed E-state index contributed by atoms with van der Waals surface area (Å²) in [6, 6.07) is 14.1. The Morgan fingerprint density at radius 1 is 0.893 bits per heavy atom. The highest BCUT2D eigenvalue weighted by atomic mass is 19.1. The predicted molar refractivity (Wildman–Crippen MR) is 105 cm³/mol. The highest BCUT2D eigenvalue weighted by molar-refractivity contribution is 5.95. The van der Waals surface area contributed by atoms with Crippen molar-refractivity contribution in [2.75, 3.05) is 26.2 Å². The van der Waals surface area contributed by atoms with E-state index in [1.165, 1.54) is 12.1 Å². The van der Waals surface area contributed by atoms with Gasteiger partial charge in [0.25, 0.3) is 5.91 Å². The van der Waals surface area contributed by atoms with E-state index in [1.54, 1.807) is 12.1 Å². The van der Waals surface area contributed by atoms with Crippen LogP contribution in [-0.2, 0) is 4.79 Å². The fraction of sp³-hybridized carbons (Fsp3) is 0.364. The number of halogens is 1. The summed E-state index contributed by atoms with van der Waals surface area (Å²) in [4.78, 5) is 28.2. The molecule has 0 aromatic heterocycles. The minimum Gasteiger partial charge on any atom is -0.369 e. The van der Waals surface area contributed by atoms with E-state index in [-0.39, 0.29) is 23.5 Å². The number of primary amides is 1. The van der Waals surface area contributed by atoms with Gasteiger partial charge in [0.1, 0.15) is 5.82 Å². The maximum absolute atomic E-state index is 13.1. The minimum atomic E-state index is -0.262. The first-order valence-corrected chi connectivity index (χ1v) is 9.70. The van der Waals surface area contributed by atoms with Crippen molar-refractivity contribution in [1.29, 1.82) is 0 Å². The standard InChI is InChI=1S/C22H24FN3O2/c23-19-7-5-16(6-8-19)15-1-3-18(4-2-15)22(28)26-13-20(14-26)25-11-9-17(10-12-25)21(24)27/h1-8,17,20H,9-14H2,(H2,24,27). The van der Waals surface area contributed by atoms with Crippen LogP contribution in [0.25, 0.3) is 11.1 Å². The molecule has 0 saturated carbocycles. The van der Waals surface area contributed by atoms with Gasteiger partial charge in [0.05, 0.1) is 0 Å². The minimum absolute atomic E-state index is 0.00585. The van der Waals surface area contributed by atoms with Crippen molar-refractivity contribution in [2.45, 2.75) is 18.9 Å². The van der Waals surface area contributed by atoms with Gasteiger partial charge in [-0.25, -0.2) is 4.39 Å². The molecule has 0 aliphatic carbocycles. The summed E-state index contributed by atoms with van der Waals surface area (Å²) in [5.74, 6) is -0.432. The molecule has 146 valence electrons. The van der Waals surface area contributed by atoms with E-state index in [9.17, 15) is 14.0 Å². The number of likely N-dealkylation sites (tertiary alicyclic amines) is 2. The van der Waals surface area contributed by atoms with Crippen LogP contribution in [0.1, 0.15) is 23.2 Å². The number of carbonyl (C=O) groups excluding carboxylic acids is 2. The van der Waals surface area contributed by atoms with Gasteiger partial charge in [0.2, 0.25) is 5.91 Å². The average molecular weight is 381 g/mol. The molecule has 4 rings (SSSR count). The molecule has 0 atom stereocenters. The van der Waals surface area contributed by atoms with E-state index in [4.69, 9.17) is 5.73 Å². The van der Waals surface area contributed by atoms with Crippen LogP contribution in [0.15, 0.2) is 48.5 Å². The molecule has 2 aromatic carbocycles. The number of piperidine rings is 1. The molecule has 2 heterocycles. The smallest absolute Gasteiger partial charge is 0.253 e. The van der Waals surface area contributed by atoms with Gasteiger partial charge in [0, 0.05) is 30.6 Å². The Labute approximate surface area is 163 Å². The summed E-state index contributed by atoms with van der Waals surface area (Å²) in [5, 5.41) is 0. The van der Waals surface area contributed by atoms with Crippen molar-refractivity contribution >= 4 is 11.8 Å². The van der Waals surface area contributed by atoms with Crippen LogP contribution in [0, 0.1) is 11.7 Å². The number of benzene rings is 2. The summed E-state index contributed by atoms with van der Waals surface area (Å²) in [5.41, 5.74) is 7.93. The molecular formula is C22H24FN3O2. The molecule has 28 heavy (non-hydrogen) atoms. The van der Waals surface area contributed by atoms with Crippen molar-refractivity contribution in [1.82, 2.24) is 9.80 Å². The lowest BCUT2D eigenvalue weighted by Gasteiger charge is -2.47. The number of hydrogen-bond donors (Lipinski definition) is 1. The molecule has 2 amide bonds. The zero-order valence-corrected chi connectivity index (χ0v) is 15.7. The van der Waals surface area contributed by atoms with E-state index < -0.39 is 0 Å². The predicted octanol–water partition coefficient (Wildman–Crippen LogP) is 2.51. The molecule has 2 fully saturated rings. The van der Waals surface area contributed by atoms with Crippen LogP contribution in [0.2, 0.25) is 0 Å². The lowest BCUT2D eigenvalue weighted by Crippen LogP contribution is -2.62. The van der Waals surface area contributed by atoms with Crippen LogP contribution in [0.5, 0.6) is 0 Å². The maximum Gasteiger partial charge on any atom is 0.253 e. The molecule has 2 aromatic rings. The van der Waals surface area contributed by atoms with E-state index >= 15 is 0 Å². The molecule has 6 heteroatoms. The summed E-state index contributed by atoms with van der Waals surface area (Å²) in [7, 11) is 0.